The van der Waals surface area contributed by atoms with Crippen molar-refractivity contribution in [2.75, 3.05) is 18.5 Å². The van der Waals surface area contributed by atoms with E-state index < -0.39 is 11.9 Å². The second kappa shape index (κ2) is 11.2. The van der Waals surface area contributed by atoms with E-state index in [9.17, 15) is 9.59 Å². The molecular weight excluding hydrogens is 518 g/mol. The number of fused-ring (bicyclic) bond motifs is 2. The monoisotopic (exact) mass is 549 g/mol. The van der Waals surface area contributed by atoms with Crippen LogP contribution in [0, 0.1) is 0 Å². The third-order valence-electron chi connectivity index (χ3n) is 6.81. The van der Waals surface area contributed by atoms with Gasteiger partial charge in [-0.1, -0.05) is 38.1 Å². The van der Waals surface area contributed by atoms with Crippen molar-refractivity contribution in [1.82, 2.24) is 9.97 Å². The van der Waals surface area contributed by atoms with Gasteiger partial charge in [0.2, 0.25) is 0 Å². The standard InChI is InChI=1S/C29H31N3O4S2/c1-5-35-28(33)19-8-7-9-21-22(19)24(29(34)36-6-2)27(38-21)32-25-23-20(14-37-26(23)31-15-30-25)18-12-10-17(11-13-18)16(3)4/h10-16,19H,5-9H2,1-4H3,(H,30,31,32). The summed E-state index contributed by atoms with van der Waals surface area (Å²) in [5.41, 5.74) is 4.54. The molecule has 1 aliphatic carbocycles. The maximum Gasteiger partial charge on any atom is 0.341 e. The lowest BCUT2D eigenvalue weighted by molar-refractivity contribution is -0.145. The second-order valence-corrected chi connectivity index (χ2v) is 11.5. The van der Waals surface area contributed by atoms with Crippen molar-refractivity contribution in [1.29, 1.82) is 0 Å². The molecular formula is C29H31N3O4S2. The van der Waals surface area contributed by atoms with Gasteiger partial charge < -0.3 is 14.8 Å². The molecule has 0 saturated heterocycles. The minimum atomic E-state index is -0.480. The second-order valence-electron chi connectivity index (χ2n) is 9.51. The lowest BCUT2D eigenvalue weighted by atomic mass is 9.85. The average Bonchev–Trinajstić information content (AvgIpc) is 3.51. The normalized spacial score (nSPS) is 14.9. The van der Waals surface area contributed by atoms with Crippen LogP contribution in [0.5, 0.6) is 0 Å². The first-order chi connectivity index (χ1) is 18.4. The van der Waals surface area contributed by atoms with Gasteiger partial charge in [-0.2, -0.15) is 0 Å². The van der Waals surface area contributed by atoms with Gasteiger partial charge in [0.05, 0.1) is 30.1 Å². The zero-order valence-electron chi connectivity index (χ0n) is 22.0. The SMILES string of the molecule is CCOC(=O)c1c(Nc2ncnc3scc(-c4ccc(C(C)C)cc4)c23)sc2c1C(C(=O)OCC)CCC2. The highest BCUT2D eigenvalue weighted by Crippen LogP contribution is 2.46. The molecule has 3 heterocycles. The predicted octanol–water partition coefficient (Wildman–Crippen LogP) is 7.45. The number of carbonyl (C=O) groups is 2. The van der Waals surface area contributed by atoms with Crippen LogP contribution in [0.3, 0.4) is 0 Å². The molecule has 7 nitrogen and oxygen atoms in total. The van der Waals surface area contributed by atoms with Crippen molar-refractivity contribution in [3.05, 3.63) is 57.5 Å². The van der Waals surface area contributed by atoms with Crippen LogP contribution >= 0.6 is 22.7 Å². The molecule has 4 aromatic rings. The fourth-order valence-electron chi connectivity index (χ4n) is 4.97. The number of aromatic nitrogens is 2. The lowest BCUT2D eigenvalue weighted by Crippen LogP contribution is -2.22. The van der Waals surface area contributed by atoms with Crippen LogP contribution in [-0.2, 0) is 20.7 Å². The van der Waals surface area contributed by atoms with E-state index in [0.29, 0.717) is 35.3 Å². The molecule has 0 aliphatic heterocycles. The Morgan fingerprint density at radius 2 is 1.87 bits per heavy atom. The highest BCUT2D eigenvalue weighted by molar-refractivity contribution is 7.17. The molecule has 1 aromatic carbocycles. The zero-order chi connectivity index (χ0) is 26.8. The lowest BCUT2D eigenvalue weighted by Gasteiger charge is -2.22. The molecule has 5 rings (SSSR count). The molecule has 1 unspecified atom stereocenters. The number of nitrogens with zero attached hydrogens (tertiary/aromatic N) is 2. The van der Waals surface area contributed by atoms with Crippen molar-refractivity contribution < 1.29 is 19.1 Å². The fourth-order valence-corrected chi connectivity index (χ4v) is 7.17. The highest BCUT2D eigenvalue weighted by Gasteiger charge is 2.36. The Morgan fingerprint density at radius 1 is 1.11 bits per heavy atom. The summed E-state index contributed by atoms with van der Waals surface area (Å²) in [6.45, 7) is 8.48. The molecule has 198 valence electrons. The van der Waals surface area contributed by atoms with Crippen molar-refractivity contribution in [2.45, 2.75) is 58.8 Å². The van der Waals surface area contributed by atoms with E-state index in [4.69, 9.17) is 9.47 Å². The number of ether oxygens (including phenoxy) is 2. The smallest absolute Gasteiger partial charge is 0.341 e. The van der Waals surface area contributed by atoms with Crippen LogP contribution in [0.2, 0.25) is 0 Å². The Morgan fingerprint density at radius 3 is 2.58 bits per heavy atom. The molecule has 0 bridgehead atoms. The Bertz CT molecular complexity index is 1470. The number of rotatable bonds is 8. The molecule has 0 radical (unpaired) electrons. The first-order valence-electron chi connectivity index (χ1n) is 13.0. The fraction of sp³-hybridized carbons (Fsp3) is 0.379. The van der Waals surface area contributed by atoms with E-state index in [2.05, 4.69) is 58.8 Å². The number of thiophene rings is 2. The summed E-state index contributed by atoms with van der Waals surface area (Å²) in [5, 5.41) is 7.08. The molecule has 1 atom stereocenters. The Balaban J connectivity index is 1.60. The molecule has 9 heteroatoms. The van der Waals surface area contributed by atoms with Crippen LogP contribution in [0.4, 0.5) is 10.8 Å². The number of hydrogen-bond acceptors (Lipinski definition) is 9. The topological polar surface area (TPSA) is 90.4 Å². The van der Waals surface area contributed by atoms with E-state index in [0.717, 1.165) is 44.6 Å². The minimum absolute atomic E-state index is 0.242. The third kappa shape index (κ3) is 4.92. The van der Waals surface area contributed by atoms with Crippen LogP contribution < -0.4 is 5.32 Å². The number of esters is 2. The quantitative estimate of drug-likeness (QED) is 0.228. The summed E-state index contributed by atoms with van der Waals surface area (Å²) < 4.78 is 10.8. The number of carbonyl (C=O) groups excluding carboxylic acids is 2. The number of aryl methyl sites for hydroxylation is 1. The Labute approximate surface area is 230 Å². The summed E-state index contributed by atoms with van der Waals surface area (Å²) >= 11 is 3.05. The van der Waals surface area contributed by atoms with E-state index in [1.54, 1.807) is 25.2 Å². The van der Waals surface area contributed by atoms with Crippen molar-refractivity contribution in [2.24, 2.45) is 0 Å². The summed E-state index contributed by atoms with van der Waals surface area (Å²) in [7, 11) is 0. The maximum atomic E-state index is 13.3. The predicted molar refractivity (Wildman–Crippen MR) is 153 cm³/mol. The number of anilines is 2. The van der Waals surface area contributed by atoms with E-state index in [-0.39, 0.29) is 12.6 Å². The van der Waals surface area contributed by atoms with Crippen LogP contribution in [0.25, 0.3) is 21.3 Å². The largest absolute Gasteiger partial charge is 0.466 e. The van der Waals surface area contributed by atoms with Crippen LogP contribution in [-0.4, -0.2) is 35.1 Å². The van der Waals surface area contributed by atoms with E-state index >= 15 is 0 Å². The molecule has 0 fully saturated rings. The van der Waals surface area contributed by atoms with Gasteiger partial charge in [-0.25, -0.2) is 14.8 Å². The molecule has 0 saturated carbocycles. The summed E-state index contributed by atoms with van der Waals surface area (Å²) in [5.74, 6) is -0.141. The summed E-state index contributed by atoms with van der Waals surface area (Å²) in [6.07, 6.45) is 3.84. The molecule has 3 aromatic heterocycles. The minimum Gasteiger partial charge on any atom is -0.466 e. The molecule has 38 heavy (non-hydrogen) atoms. The van der Waals surface area contributed by atoms with Gasteiger partial charge in [-0.15, -0.1) is 22.7 Å². The van der Waals surface area contributed by atoms with Crippen molar-refractivity contribution >= 4 is 55.6 Å². The van der Waals surface area contributed by atoms with Crippen molar-refractivity contribution in [3.8, 4) is 11.1 Å². The molecule has 0 spiro atoms. The van der Waals surface area contributed by atoms with Gasteiger partial charge in [-0.05, 0) is 55.7 Å². The summed E-state index contributed by atoms with van der Waals surface area (Å²) in [4.78, 5) is 37.1. The van der Waals surface area contributed by atoms with Gasteiger partial charge in [-0.3, -0.25) is 4.79 Å². The Hall–Kier alpha value is -3.30. The third-order valence-corrected chi connectivity index (χ3v) is 8.88. The van der Waals surface area contributed by atoms with E-state index in [1.807, 2.05) is 0 Å². The van der Waals surface area contributed by atoms with Crippen molar-refractivity contribution in [3.63, 3.8) is 0 Å². The number of benzene rings is 1. The Kier molecular flexibility index (Phi) is 7.76. The highest BCUT2D eigenvalue weighted by atomic mass is 32.1. The van der Waals surface area contributed by atoms with Crippen LogP contribution in [0.1, 0.15) is 78.7 Å². The van der Waals surface area contributed by atoms with Gasteiger partial charge in [0.25, 0.3) is 0 Å². The number of nitrogens with one attached hydrogen (secondary N) is 1. The van der Waals surface area contributed by atoms with E-state index in [1.165, 1.54) is 23.2 Å². The molecule has 0 amide bonds. The average molecular weight is 550 g/mol. The first-order valence-corrected chi connectivity index (χ1v) is 14.7. The van der Waals surface area contributed by atoms with Gasteiger partial charge in [0.1, 0.15) is 22.0 Å². The van der Waals surface area contributed by atoms with Gasteiger partial charge >= 0.3 is 11.9 Å². The van der Waals surface area contributed by atoms with Crippen LogP contribution in [0.15, 0.2) is 36.0 Å². The maximum absolute atomic E-state index is 13.3. The first kappa shape index (κ1) is 26.3. The van der Waals surface area contributed by atoms with Gasteiger partial charge in [0.15, 0.2) is 0 Å². The zero-order valence-corrected chi connectivity index (χ0v) is 23.6. The number of hydrogen-bond donors (Lipinski definition) is 1. The van der Waals surface area contributed by atoms with Gasteiger partial charge in [0, 0.05) is 15.8 Å². The summed E-state index contributed by atoms with van der Waals surface area (Å²) in [6, 6.07) is 8.57. The molecule has 1 N–H and O–H groups in total. The molecule has 1 aliphatic rings.